The van der Waals surface area contributed by atoms with Crippen LogP contribution in [0.3, 0.4) is 0 Å². The molecule has 0 spiro atoms. The number of ether oxygens (including phenoxy) is 1. The van der Waals surface area contributed by atoms with E-state index in [0.29, 0.717) is 10.9 Å². The Hall–Kier alpha value is -3.31. The van der Waals surface area contributed by atoms with Gasteiger partial charge in [0.15, 0.2) is 17.4 Å². The molecule has 4 amide bonds. The summed E-state index contributed by atoms with van der Waals surface area (Å²) in [6.45, 7) is -0.00196. The summed E-state index contributed by atoms with van der Waals surface area (Å²) in [6, 6.07) is 12.1. The lowest BCUT2D eigenvalue weighted by atomic mass is 10.1. The van der Waals surface area contributed by atoms with Crippen LogP contribution in [0.1, 0.15) is 0 Å². The molecule has 2 aliphatic rings. The number of thioether (sulfide) groups is 1. The molecule has 10 nitrogen and oxygen atoms in total. The maximum Gasteiger partial charge on any atom is 0.325 e. The summed E-state index contributed by atoms with van der Waals surface area (Å²) in [6.07, 6.45) is -1.72. The minimum Gasteiger partial charge on any atom is -0.490 e. The topological polar surface area (TPSA) is 138 Å². The third-order valence-electron chi connectivity index (χ3n) is 5.25. The Balaban J connectivity index is 1.48. The smallest absolute Gasteiger partial charge is 0.325 e. The molecule has 0 aliphatic carbocycles. The third-order valence-corrected chi connectivity index (χ3v) is 6.28. The average molecular weight is 458 g/mol. The van der Waals surface area contributed by atoms with E-state index >= 15 is 0 Å². The molecule has 0 bridgehead atoms. The highest BCUT2D eigenvalue weighted by Gasteiger charge is 2.49. The molecule has 3 atom stereocenters. The number of benzene rings is 2. The Morgan fingerprint density at radius 1 is 1.28 bits per heavy atom. The molecule has 4 N–H and O–H groups in total. The number of urea groups is 1. The van der Waals surface area contributed by atoms with Crippen LogP contribution in [0.15, 0.2) is 47.5 Å². The highest BCUT2D eigenvalue weighted by Crippen LogP contribution is 2.29. The maximum absolute atomic E-state index is 12.5. The summed E-state index contributed by atoms with van der Waals surface area (Å²) in [4.78, 5) is 43.1. The number of carbonyl (C=O) groups excluding carboxylic acids is 3. The minimum absolute atomic E-state index is 0.0198. The van der Waals surface area contributed by atoms with Gasteiger partial charge in [0.1, 0.15) is 18.5 Å². The number of aliphatic imine (C=N–C) groups is 1. The molecular weight excluding hydrogens is 434 g/mol. The lowest BCUT2D eigenvalue weighted by Crippen LogP contribution is -2.64. The van der Waals surface area contributed by atoms with E-state index in [9.17, 15) is 19.5 Å². The Kier molecular flexibility index (Phi) is 6.19. The minimum atomic E-state index is -0.970. The number of nitrogens with one attached hydrogen (secondary N) is 1. The fraction of sp³-hybridized carbons (Fsp3) is 0.333. The van der Waals surface area contributed by atoms with Gasteiger partial charge in [-0.05, 0) is 11.5 Å². The number of aliphatic hydroxyl groups is 1. The predicted molar refractivity (Wildman–Crippen MR) is 120 cm³/mol. The normalized spacial score (nSPS) is 21.2. The second-order valence-electron chi connectivity index (χ2n) is 7.52. The Bertz CT molecular complexity index is 1090. The van der Waals surface area contributed by atoms with Crippen molar-refractivity contribution in [2.24, 2.45) is 10.7 Å². The van der Waals surface area contributed by atoms with Crippen molar-refractivity contribution in [1.82, 2.24) is 15.1 Å². The van der Waals surface area contributed by atoms with Gasteiger partial charge in [0.25, 0.3) is 5.91 Å². The van der Waals surface area contributed by atoms with Crippen LogP contribution in [0.4, 0.5) is 4.79 Å². The molecule has 2 aromatic carbocycles. The van der Waals surface area contributed by atoms with Crippen LogP contribution in [0.5, 0.6) is 5.75 Å². The van der Waals surface area contributed by atoms with Crippen molar-refractivity contribution in [2.75, 3.05) is 26.0 Å². The van der Waals surface area contributed by atoms with Crippen molar-refractivity contribution in [1.29, 1.82) is 0 Å². The van der Waals surface area contributed by atoms with Gasteiger partial charge in [-0.15, -0.1) is 0 Å². The zero-order valence-electron chi connectivity index (χ0n) is 17.3. The number of hydrogen-bond acceptors (Lipinski definition) is 8. The molecule has 0 radical (unpaired) electrons. The summed E-state index contributed by atoms with van der Waals surface area (Å²) in [7, 11) is 1.53. The molecule has 4 rings (SSSR count). The zero-order chi connectivity index (χ0) is 22.8. The number of nitrogens with zero attached hydrogens (tertiary/aromatic N) is 3. The van der Waals surface area contributed by atoms with Crippen LogP contribution in [0.2, 0.25) is 0 Å². The van der Waals surface area contributed by atoms with Crippen molar-refractivity contribution in [3.63, 3.8) is 0 Å². The number of primary amides is 1. The largest absolute Gasteiger partial charge is 0.490 e. The van der Waals surface area contributed by atoms with E-state index in [1.165, 1.54) is 11.9 Å². The molecule has 32 heavy (non-hydrogen) atoms. The van der Waals surface area contributed by atoms with Crippen molar-refractivity contribution >= 4 is 45.5 Å². The Morgan fingerprint density at radius 3 is 2.81 bits per heavy atom. The number of β-amino-alcohol motifs (C(OH)–C–C–N with tert-alkyl or cyclic N) is 1. The molecule has 2 heterocycles. The van der Waals surface area contributed by atoms with E-state index in [4.69, 9.17) is 10.5 Å². The number of amidine groups is 1. The van der Waals surface area contributed by atoms with E-state index in [2.05, 4.69) is 10.3 Å². The van der Waals surface area contributed by atoms with Crippen LogP contribution in [0, 0.1) is 0 Å². The number of imide groups is 1. The summed E-state index contributed by atoms with van der Waals surface area (Å²) >= 11 is 1.06. The SMILES string of the molecule is CN1C(=O)NC(=O)C2C1N=C(SCC(N)=O)N2CC(O)COc1cccc2ccccc12. The molecule has 2 aliphatic heterocycles. The van der Waals surface area contributed by atoms with Crippen molar-refractivity contribution in [3.8, 4) is 5.75 Å². The van der Waals surface area contributed by atoms with E-state index in [0.717, 1.165) is 22.5 Å². The van der Waals surface area contributed by atoms with E-state index in [1.807, 2.05) is 42.5 Å². The molecule has 168 valence electrons. The van der Waals surface area contributed by atoms with Gasteiger partial charge >= 0.3 is 6.03 Å². The van der Waals surface area contributed by atoms with Crippen molar-refractivity contribution < 1.29 is 24.2 Å². The van der Waals surface area contributed by atoms with Gasteiger partial charge in [-0.3, -0.25) is 14.9 Å². The van der Waals surface area contributed by atoms with Crippen LogP contribution in [-0.2, 0) is 9.59 Å². The molecule has 11 heteroatoms. The number of aliphatic hydroxyl groups excluding tert-OH is 1. The number of fused-ring (bicyclic) bond motifs is 2. The zero-order valence-corrected chi connectivity index (χ0v) is 18.1. The summed E-state index contributed by atoms with van der Waals surface area (Å²) in [5.74, 6) is -0.462. The monoisotopic (exact) mass is 457 g/mol. The first kappa shape index (κ1) is 21.9. The third kappa shape index (κ3) is 4.34. The Labute approximate surface area is 188 Å². The number of amides is 4. The van der Waals surface area contributed by atoms with Gasteiger partial charge in [0.2, 0.25) is 5.91 Å². The highest BCUT2D eigenvalue weighted by molar-refractivity contribution is 8.14. The van der Waals surface area contributed by atoms with E-state index in [1.54, 1.807) is 4.90 Å². The van der Waals surface area contributed by atoms with Crippen molar-refractivity contribution in [2.45, 2.75) is 18.3 Å². The fourth-order valence-electron chi connectivity index (χ4n) is 3.74. The predicted octanol–water partition coefficient (Wildman–Crippen LogP) is 0.346. The van der Waals surface area contributed by atoms with Gasteiger partial charge in [-0.2, -0.15) is 0 Å². The summed E-state index contributed by atoms with van der Waals surface area (Å²) < 4.78 is 5.86. The molecule has 1 fully saturated rings. The second kappa shape index (κ2) is 9.05. The summed E-state index contributed by atoms with van der Waals surface area (Å²) in [5, 5.41) is 15.3. The first-order valence-electron chi connectivity index (χ1n) is 9.97. The van der Waals surface area contributed by atoms with Gasteiger partial charge in [-0.1, -0.05) is 48.2 Å². The molecule has 0 saturated carbocycles. The van der Waals surface area contributed by atoms with Crippen LogP contribution < -0.4 is 15.8 Å². The molecular formula is C21H23N5O5S. The van der Waals surface area contributed by atoms with Crippen LogP contribution >= 0.6 is 11.8 Å². The van der Waals surface area contributed by atoms with Gasteiger partial charge in [0, 0.05) is 12.4 Å². The molecule has 1 saturated heterocycles. The summed E-state index contributed by atoms with van der Waals surface area (Å²) in [5.41, 5.74) is 5.25. The first-order valence-corrected chi connectivity index (χ1v) is 11.0. The second-order valence-corrected chi connectivity index (χ2v) is 8.47. The molecule has 3 unspecified atom stereocenters. The molecule has 2 aromatic rings. The van der Waals surface area contributed by atoms with E-state index < -0.39 is 36.2 Å². The highest BCUT2D eigenvalue weighted by atomic mass is 32.2. The Morgan fingerprint density at radius 2 is 2.03 bits per heavy atom. The van der Waals surface area contributed by atoms with E-state index in [-0.39, 0.29) is 18.9 Å². The van der Waals surface area contributed by atoms with Gasteiger partial charge in [0.05, 0.1) is 12.3 Å². The fourth-order valence-corrected chi connectivity index (χ4v) is 4.54. The van der Waals surface area contributed by atoms with Crippen LogP contribution in [0.25, 0.3) is 10.8 Å². The van der Waals surface area contributed by atoms with Gasteiger partial charge < -0.3 is 25.4 Å². The number of likely N-dealkylation sites (N-methyl/N-ethyl adjacent to an activating group) is 1. The lowest BCUT2D eigenvalue weighted by molar-refractivity contribution is -0.127. The number of hydrogen-bond donors (Lipinski definition) is 3. The number of carbonyl (C=O) groups is 3. The van der Waals surface area contributed by atoms with Crippen molar-refractivity contribution in [3.05, 3.63) is 42.5 Å². The standard InChI is InChI=1S/C21H23N5O5S/c1-25-18-17(19(29)24-20(25)30)26(21(23-18)32-11-16(22)28)9-13(27)10-31-15-8-4-6-12-5-2-3-7-14(12)15/h2-8,13,17-18,27H,9-11H2,1H3,(H2,22,28)(H,24,29,30). The van der Waals surface area contributed by atoms with Crippen LogP contribution in [-0.4, -0.2) is 82.2 Å². The average Bonchev–Trinajstić information content (AvgIpc) is 3.13. The maximum atomic E-state index is 12.5. The first-order chi connectivity index (χ1) is 15.3. The lowest BCUT2D eigenvalue weighted by Gasteiger charge is -2.36. The molecule has 0 aromatic heterocycles. The van der Waals surface area contributed by atoms with Gasteiger partial charge in [-0.25, -0.2) is 9.79 Å². The number of rotatable bonds is 7. The number of nitrogens with two attached hydrogens (primary N) is 1. The quantitative estimate of drug-likeness (QED) is 0.545.